The summed E-state index contributed by atoms with van der Waals surface area (Å²) in [5.74, 6) is -0.0813. The van der Waals surface area contributed by atoms with Gasteiger partial charge in [-0.1, -0.05) is 61.5 Å². The Hall–Kier alpha value is -3.29. The summed E-state index contributed by atoms with van der Waals surface area (Å²) >= 11 is 0. The average molecular weight is 477 g/mol. The SMILES string of the molecule is CC1CCCN(S(=O)(=O)c2cccc(C(=O)CNc3ccccc3C(=O)c3ccccc3)c2)C1. The molecular weight excluding hydrogens is 448 g/mol. The maximum absolute atomic E-state index is 13.1. The number of anilines is 1. The van der Waals surface area contributed by atoms with Crippen molar-refractivity contribution >= 4 is 27.3 Å². The van der Waals surface area contributed by atoms with Gasteiger partial charge in [-0.15, -0.1) is 0 Å². The third-order valence-corrected chi connectivity index (χ3v) is 7.92. The lowest BCUT2D eigenvalue weighted by molar-refractivity contribution is 0.100. The molecular formula is C27H28N2O4S. The number of Topliss-reactive ketones (excluding diaryl/α,β-unsaturated/α-hetero) is 1. The number of para-hydroxylation sites is 1. The van der Waals surface area contributed by atoms with Crippen molar-refractivity contribution in [2.75, 3.05) is 25.0 Å². The Morgan fingerprint density at radius 1 is 0.941 bits per heavy atom. The molecule has 0 amide bonds. The van der Waals surface area contributed by atoms with E-state index in [4.69, 9.17) is 0 Å². The molecule has 0 saturated carbocycles. The summed E-state index contributed by atoms with van der Waals surface area (Å²) in [5.41, 5.74) is 1.89. The topological polar surface area (TPSA) is 83.6 Å². The van der Waals surface area contributed by atoms with Gasteiger partial charge >= 0.3 is 0 Å². The van der Waals surface area contributed by atoms with Gasteiger partial charge in [0.2, 0.25) is 10.0 Å². The van der Waals surface area contributed by atoms with Crippen LogP contribution < -0.4 is 5.32 Å². The van der Waals surface area contributed by atoms with E-state index < -0.39 is 10.0 Å². The summed E-state index contributed by atoms with van der Waals surface area (Å²) in [6, 6.07) is 22.2. The van der Waals surface area contributed by atoms with Crippen LogP contribution in [-0.4, -0.2) is 43.9 Å². The second kappa shape index (κ2) is 10.3. The predicted octanol–water partition coefficient (Wildman–Crippen LogP) is 4.63. The zero-order valence-corrected chi connectivity index (χ0v) is 19.9. The molecule has 34 heavy (non-hydrogen) atoms. The van der Waals surface area contributed by atoms with Gasteiger partial charge < -0.3 is 5.32 Å². The van der Waals surface area contributed by atoms with Crippen LogP contribution in [0.1, 0.15) is 46.0 Å². The first-order valence-corrected chi connectivity index (χ1v) is 12.9. The lowest BCUT2D eigenvalue weighted by Gasteiger charge is -2.30. The molecule has 6 nitrogen and oxygen atoms in total. The Kier molecular flexibility index (Phi) is 7.24. The van der Waals surface area contributed by atoms with Crippen molar-refractivity contribution in [2.45, 2.75) is 24.7 Å². The van der Waals surface area contributed by atoms with Gasteiger partial charge in [0.05, 0.1) is 11.4 Å². The number of carbonyl (C=O) groups excluding carboxylic acids is 2. The summed E-state index contributed by atoms with van der Waals surface area (Å²) in [6.07, 6.45) is 1.86. The number of ketones is 2. The zero-order valence-electron chi connectivity index (χ0n) is 19.1. The molecule has 0 bridgehead atoms. The number of piperidine rings is 1. The Bertz CT molecular complexity index is 1290. The van der Waals surface area contributed by atoms with Crippen LogP contribution in [0.4, 0.5) is 5.69 Å². The van der Waals surface area contributed by atoms with Gasteiger partial charge in [0.15, 0.2) is 11.6 Å². The van der Waals surface area contributed by atoms with Gasteiger partial charge in [0, 0.05) is 35.5 Å². The fourth-order valence-electron chi connectivity index (χ4n) is 4.20. The third kappa shape index (κ3) is 5.26. The van der Waals surface area contributed by atoms with Crippen LogP contribution in [-0.2, 0) is 10.0 Å². The third-order valence-electron chi connectivity index (χ3n) is 6.06. The number of hydrogen-bond donors (Lipinski definition) is 1. The number of nitrogens with zero attached hydrogens (tertiary/aromatic N) is 1. The van der Waals surface area contributed by atoms with Gasteiger partial charge in [0.1, 0.15) is 0 Å². The Labute approximate surface area is 200 Å². The minimum absolute atomic E-state index is 0.0661. The lowest BCUT2D eigenvalue weighted by atomic mass is 10.0. The van der Waals surface area contributed by atoms with Crippen LogP contribution in [0.25, 0.3) is 0 Å². The van der Waals surface area contributed by atoms with Gasteiger partial charge in [0.25, 0.3) is 0 Å². The molecule has 176 valence electrons. The van der Waals surface area contributed by atoms with Crippen LogP contribution in [0.5, 0.6) is 0 Å². The summed E-state index contributed by atoms with van der Waals surface area (Å²) in [5, 5.41) is 3.06. The Morgan fingerprint density at radius 2 is 1.65 bits per heavy atom. The highest BCUT2D eigenvalue weighted by Gasteiger charge is 2.29. The van der Waals surface area contributed by atoms with E-state index >= 15 is 0 Å². The molecule has 1 N–H and O–H groups in total. The predicted molar refractivity (Wildman–Crippen MR) is 133 cm³/mol. The van der Waals surface area contributed by atoms with E-state index in [2.05, 4.69) is 5.32 Å². The standard InChI is InChI=1S/C27H28N2O4S/c1-20-9-8-16-29(19-20)34(32,33)23-13-7-12-22(17-23)26(30)18-28-25-15-6-5-14-24(25)27(31)21-10-3-2-4-11-21/h2-7,10-15,17,20,28H,8-9,16,18-19H2,1H3. The van der Waals surface area contributed by atoms with Crippen LogP contribution in [0.3, 0.4) is 0 Å². The van der Waals surface area contributed by atoms with Crippen molar-refractivity contribution in [2.24, 2.45) is 5.92 Å². The van der Waals surface area contributed by atoms with Crippen molar-refractivity contribution in [3.8, 4) is 0 Å². The van der Waals surface area contributed by atoms with E-state index in [-0.39, 0.29) is 23.0 Å². The van der Waals surface area contributed by atoms with Crippen molar-refractivity contribution in [3.63, 3.8) is 0 Å². The highest BCUT2D eigenvalue weighted by atomic mass is 32.2. The second-order valence-electron chi connectivity index (χ2n) is 8.66. The van der Waals surface area contributed by atoms with Gasteiger partial charge in [-0.25, -0.2) is 8.42 Å². The average Bonchev–Trinajstić information content (AvgIpc) is 2.87. The molecule has 7 heteroatoms. The molecule has 3 aromatic rings. The van der Waals surface area contributed by atoms with Crippen LogP contribution in [0, 0.1) is 5.92 Å². The number of nitrogens with one attached hydrogen (secondary N) is 1. The molecule has 0 spiro atoms. The molecule has 1 atom stereocenters. The molecule has 0 aromatic heterocycles. The van der Waals surface area contributed by atoms with Crippen LogP contribution in [0.2, 0.25) is 0 Å². The molecule has 1 heterocycles. The monoisotopic (exact) mass is 476 g/mol. The Morgan fingerprint density at radius 3 is 2.41 bits per heavy atom. The number of benzene rings is 3. The molecule has 1 fully saturated rings. The molecule has 3 aromatic carbocycles. The number of rotatable bonds is 8. The first-order chi connectivity index (χ1) is 16.4. The highest BCUT2D eigenvalue weighted by molar-refractivity contribution is 7.89. The first kappa shape index (κ1) is 23.9. The molecule has 1 aliphatic rings. The smallest absolute Gasteiger partial charge is 0.243 e. The van der Waals surface area contributed by atoms with E-state index in [1.54, 1.807) is 60.7 Å². The second-order valence-corrected chi connectivity index (χ2v) is 10.6. The van der Waals surface area contributed by atoms with Crippen molar-refractivity contribution < 1.29 is 18.0 Å². The zero-order chi connectivity index (χ0) is 24.1. The minimum atomic E-state index is -3.65. The van der Waals surface area contributed by atoms with Gasteiger partial charge in [-0.3, -0.25) is 9.59 Å². The minimum Gasteiger partial charge on any atom is -0.377 e. The van der Waals surface area contributed by atoms with Crippen molar-refractivity contribution in [1.29, 1.82) is 0 Å². The van der Waals surface area contributed by atoms with E-state index in [9.17, 15) is 18.0 Å². The highest BCUT2D eigenvalue weighted by Crippen LogP contribution is 2.24. The van der Waals surface area contributed by atoms with Gasteiger partial charge in [-0.2, -0.15) is 4.31 Å². The number of hydrogen-bond acceptors (Lipinski definition) is 5. The van der Waals surface area contributed by atoms with E-state index in [1.807, 2.05) is 13.0 Å². The van der Waals surface area contributed by atoms with E-state index in [0.29, 0.717) is 41.4 Å². The van der Waals surface area contributed by atoms with Crippen LogP contribution in [0.15, 0.2) is 83.8 Å². The quantitative estimate of drug-likeness (QED) is 0.479. The summed E-state index contributed by atoms with van der Waals surface area (Å²) in [7, 11) is -3.65. The van der Waals surface area contributed by atoms with E-state index in [0.717, 1.165) is 12.8 Å². The normalized spacial score (nSPS) is 16.7. The summed E-state index contributed by atoms with van der Waals surface area (Å²) in [6.45, 7) is 2.98. The lowest BCUT2D eigenvalue weighted by Crippen LogP contribution is -2.39. The maximum Gasteiger partial charge on any atom is 0.243 e. The number of carbonyl (C=O) groups is 2. The largest absolute Gasteiger partial charge is 0.377 e. The molecule has 1 saturated heterocycles. The Balaban J connectivity index is 1.49. The molecule has 0 radical (unpaired) electrons. The van der Waals surface area contributed by atoms with E-state index in [1.165, 1.54) is 16.4 Å². The molecule has 1 aliphatic heterocycles. The summed E-state index contributed by atoms with van der Waals surface area (Å²) in [4.78, 5) is 26.0. The van der Waals surface area contributed by atoms with Crippen LogP contribution >= 0.6 is 0 Å². The first-order valence-electron chi connectivity index (χ1n) is 11.4. The number of sulfonamides is 1. The van der Waals surface area contributed by atoms with Crippen molar-refractivity contribution in [1.82, 2.24) is 4.31 Å². The maximum atomic E-state index is 13.1. The fraction of sp³-hybridized carbons (Fsp3) is 0.259. The van der Waals surface area contributed by atoms with Crippen molar-refractivity contribution in [3.05, 3.63) is 95.6 Å². The molecule has 1 unspecified atom stereocenters. The van der Waals surface area contributed by atoms with Gasteiger partial charge in [-0.05, 0) is 43.0 Å². The fourth-order valence-corrected chi connectivity index (χ4v) is 5.85. The molecule has 0 aliphatic carbocycles. The summed E-state index contributed by atoms with van der Waals surface area (Å²) < 4.78 is 27.7. The molecule has 4 rings (SSSR count).